The molecule has 0 unspecified atom stereocenters. The molecule has 4 aromatic rings. The zero-order valence-corrected chi connectivity index (χ0v) is 19.9. The molecule has 0 fully saturated rings. The van der Waals surface area contributed by atoms with Gasteiger partial charge in [-0.2, -0.15) is 10.4 Å². The highest BCUT2D eigenvalue weighted by atomic mass is 19.1. The zero-order chi connectivity index (χ0) is 25.8. The molecular formula is C26H23FN6O3. The number of nitrogens with zero attached hydrogens (tertiary/aromatic N) is 4. The van der Waals surface area contributed by atoms with E-state index in [4.69, 9.17) is 4.74 Å². The lowest BCUT2D eigenvalue weighted by molar-refractivity contribution is 0.0784. The molecule has 2 amide bonds. The van der Waals surface area contributed by atoms with Gasteiger partial charge in [0.05, 0.1) is 29.3 Å². The molecule has 9 nitrogen and oxygen atoms in total. The van der Waals surface area contributed by atoms with E-state index < -0.39 is 11.7 Å². The normalized spacial score (nSPS) is 10.6. The molecule has 0 radical (unpaired) electrons. The van der Waals surface area contributed by atoms with Crippen LogP contribution in [0.25, 0.3) is 22.0 Å². The first-order chi connectivity index (χ1) is 17.4. The van der Waals surface area contributed by atoms with Gasteiger partial charge in [0.1, 0.15) is 17.6 Å². The lowest BCUT2D eigenvalue weighted by atomic mass is 9.99. The second-order valence-corrected chi connectivity index (χ2v) is 7.98. The molecule has 0 bridgehead atoms. The number of aromatic nitrogens is 3. The quantitative estimate of drug-likeness (QED) is 0.411. The van der Waals surface area contributed by atoms with Crippen molar-refractivity contribution in [2.45, 2.75) is 13.5 Å². The van der Waals surface area contributed by atoms with Gasteiger partial charge < -0.3 is 15.0 Å². The number of H-pyrrole nitrogens is 1. The van der Waals surface area contributed by atoms with E-state index in [1.807, 2.05) is 13.0 Å². The number of rotatable bonds is 7. The topological polar surface area (TPSA) is 124 Å². The first-order valence-electron chi connectivity index (χ1n) is 11.1. The molecule has 2 aromatic carbocycles. The first-order valence-corrected chi connectivity index (χ1v) is 11.1. The summed E-state index contributed by atoms with van der Waals surface area (Å²) in [5.74, 6) is -0.996. The van der Waals surface area contributed by atoms with Crippen LogP contribution in [-0.2, 0) is 6.54 Å². The van der Waals surface area contributed by atoms with E-state index >= 15 is 0 Å². The Kier molecular flexibility index (Phi) is 6.92. The third-order valence-electron chi connectivity index (χ3n) is 5.70. The summed E-state index contributed by atoms with van der Waals surface area (Å²) in [5, 5.41) is 19.1. The Balaban J connectivity index is 1.64. The van der Waals surface area contributed by atoms with Gasteiger partial charge in [0.2, 0.25) is 0 Å². The summed E-state index contributed by atoms with van der Waals surface area (Å²) < 4.78 is 20.0. The summed E-state index contributed by atoms with van der Waals surface area (Å²) >= 11 is 0. The number of carbonyl (C=O) groups excluding carboxylic acids is 2. The van der Waals surface area contributed by atoms with Crippen LogP contribution in [0.1, 0.15) is 38.9 Å². The van der Waals surface area contributed by atoms with Crippen LogP contribution in [0.4, 0.5) is 4.39 Å². The number of pyridine rings is 1. The van der Waals surface area contributed by atoms with Crippen molar-refractivity contribution in [3.8, 4) is 22.9 Å². The van der Waals surface area contributed by atoms with Gasteiger partial charge in [0.25, 0.3) is 11.8 Å². The van der Waals surface area contributed by atoms with Crippen LogP contribution >= 0.6 is 0 Å². The molecule has 36 heavy (non-hydrogen) atoms. The van der Waals surface area contributed by atoms with E-state index in [-0.39, 0.29) is 23.7 Å². The Morgan fingerprint density at radius 1 is 1.22 bits per heavy atom. The fourth-order valence-corrected chi connectivity index (χ4v) is 3.91. The van der Waals surface area contributed by atoms with Crippen molar-refractivity contribution in [1.82, 2.24) is 25.4 Å². The average Bonchev–Trinajstić information content (AvgIpc) is 3.39. The predicted octanol–water partition coefficient (Wildman–Crippen LogP) is 3.67. The second-order valence-electron chi connectivity index (χ2n) is 7.98. The van der Waals surface area contributed by atoms with Crippen LogP contribution in [-0.4, -0.2) is 52.6 Å². The van der Waals surface area contributed by atoms with E-state index in [2.05, 4.69) is 20.5 Å². The molecule has 4 rings (SSSR count). The van der Waals surface area contributed by atoms with E-state index in [1.54, 1.807) is 37.5 Å². The maximum Gasteiger partial charge on any atom is 0.254 e. The van der Waals surface area contributed by atoms with E-state index in [9.17, 15) is 19.2 Å². The molecule has 182 valence electrons. The second kappa shape index (κ2) is 10.2. The molecular weight excluding hydrogens is 463 g/mol. The number of hydrogen-bond donors (Lipinski definition) is 2. The number of nitrogens with one attached hydrogen (secondary N) is 2. The van der Waals surface area contributed by atoms with Gasteiger partial charge >= 0.3 is 0 Å². The SMILES string of the molecule is CCOc1cc(C(=O)N(C)Cc2cnc(C#N)c3cn[nH]c23)ccc1-c1ccc(F)c(C(=O)NC)c1. The Hall–Kier alpha value is -4.78. The number of ether oxygens (including phenoxy) is 1. The summed E-state index contributed by atoms with van der Waals surface area (Å²) in [6, 6.07) is 11.3. The third-order valence-corrected chi connectivity index (χ3v) is 5.70. The van der Waals surface area contributed by atoms with E-state index in [1.165, 1.54) is 30.3 Å². The molecule has 0 aliphatic heterocycles. The number of carbonyl (C=O) groups is 2. The largest absolute Gasteiger partial charge is 0.493 e. The highest BCUT2D eigenvalue weighted by Crippen LogP contribution is 2.33. The molecule has 0 aliphatic carbocycles. The van der Waals surface area contributed by atoms with Crippen molar-refractivity contribution >= 4 is 22.7 Å². The Labute approximate surface area is 206 Å². The van der Waals surface area contributed by atoms with Crippen LogP contribution in [0, 0.1) is 17.1 Å². The predicted molar refractivity (Wildman–Crippen MR) is 131 cm³/mol. The van der Waals surface area contributed by atoms with Crippen LogP contribution in [0.3, 0.4) is 0 Å². The molecule has 2 heterocycles. The first kappa shape index (κ1) is 24.3. The summed E-state index contributed by atoms with van der Waals surface area (Å²) in [6.45, 7) is 2.40. The van der Waals surface area contributed by atoms with Crippen molar-refractivity contribution in [1.29, 1.82) is 5.26 Å². The molecule has 2 N–H and O–H groups in total. The zero-order valence-electron chi connectivity index (χ0n) is 19.9. The van der Waals surface area contributed by atoms with Gasteiger partial charge in [-0.1, -0.05) is 6.07 Å². The smallest absolute Gasteiger partial charge is 0.254 e. The minimum atomic E-state index is -0.631. The summed E-state index contributed by atoms with van der Waals surface area (Å²) in [4.78, 5) is 31.0. The highest BCUT2D eigenvalue weighted by Gasteiger charge is 2.19. The van der Waals surface area contributed by atoms with Gasteiger partial charge in [-0.25, -0.2) is 9.37 Å². The van der Waals surface area contributed by atoms with E-state index in [0.717, 1.165) is 0 Å². The maximum atomic E-state index is 14.2. The van der Waals surface area contributed by atoms with Gasteiger partial charge in [0, 0.05) is 43.5 Å². The van der Waals surface area contributed by atoms with Gasteiger partial charge in [-0.05, 0) is 42.8 Å². The lowest BCUT2D eigenvalue weighted by Gasteiger charge is -2.19. The van der Waals surface area contributed by atoms with Crippen molar-refractivity contribution in [3.63, 3.8) is 0 Å². The van der Waals surface area contributed by atoms with Crippen molar-refractivity contribution < 1.29 is 18.7 Å². The van der Waals surface area contributed by atoms with Gasteiger partial charge in [-0.3, -0.25) is 14.7 Å². The molecule has 10 heteroatoms. The van der Waals surface area contributed by atoms with Crippen LogP contribution in [0.2, 0.25) is 0 Å². The molecule has 0 saturated heterocycles. The molecule has 2 aromatic heterocycles. The molecule has 0 aliphatic rings. The lowest BCUT2D eigenvalue weighted by Crippen LogP contribution is -2.26. The maximum absolute atomic E-state index is 14.2. The molecule has 0 atom stereocenters. The van der Waals surface area contributed by atoms with Gasteiger partial charge in [-0.15, -0.1) is 0 Å². The summed E-state index contributed by atoms with van der Waals surface area (Å²) in [5.41, 5.74) is 3.13. The van der Waals surface area contributed by atoms with E-state index in [0.29, 0.717) is 45.5 Å². The average molecular weight is 487 g/mol. The number of benzene rings is 2. The number of halogens is 1. The van der Waals surface area contributed by atoms with Crippen LogP contribution in [0.5, 0.6) is 5.75 Å². The standard InChI is InChI=1S/C26H23FN6O3/c1-4-36-23-10-16(5-7-18(23)15-6-8-21(27)19(9-15)25(34)29-2)26(35)33(3)14-17-12-30-22(11-28)20-13-31-32-24(17)20/h5-10,12-13H,4,14H2,1-3H3,(H,29,34)(H,31,32). The van der Waals surface area contributed by atoms with Crippen molar-refractivity contribution in [2.24, 2.45) is 0 Å². The van der Waals surface area contributed by atoms with Crippen LogP contribution < -0.4 is 10.1 Å². The number of fused-ring (bicyclic) bond motifs is 1. The Bertz CT molecular complexity index is 1510. The number of aromatic amines is 1. The Morgan fingerprint density at radius 2 is 2.03 bits per heavy atom. The monoisotopic (exact) mass is 486 g/mol. The van der Waals surface area contributed by atoms with Crippen LogP contribution in [0.15, 0.2) is 48.8 Å². The minimum Gasteiger partial charge on any atom is -0.493 e. The number of nitriles is 1. The minimum absolute atomic E-state index is 0.0847. The van der Waals surface area contributed by atoms with Crippen molar-refractivity contribution in [3.05, 3.63) is 77.0 Å². The summed E-state index contributed by atoms with van der Waals surface area (Å²) in [6.07, 6.45) is 3.08. The third kappa shape index (κ3) is 4.59. The molecule has 0 saturated carbocycles. The Morgan fingerprint density at radius 3 is 2.75 bits per heavy atom. The highest BCUT2D eigenvalue weighted by molar-refractivity contribution is 5.97. The fourth-order valence-electron chi connectivity index (χ4n) is 3.91. The molecule has 0 spiro atoms. The number of amides is 2. The van der Waals surface area contributed by atoms with Crippen molar-refractivity contribution in [2.75, 3.05) is 20.7 Å². The van der Waals surface area contributed by atoms with Gasteiger partial charge in [0.15, 0.2) is 5.69 Å². The summed E-state index contributed by atoms with van der Waals surface area (Å²) in [7, 11) is 3.09. The fraction of sp³-hybridized carbons (Fsp3) is 0.192. The number of hydrogen-bond acceptors (Lipinski definition) is 6.